The van der Waals surface area contributed by atoms with Gasteiger partial charge in [-0.15, -0.1) is 0 Å². The van der Waals surface area contributed by atoms with Gasteiger partial charge in [-0.1, -0.05) is 213 Å². The number of nitrogens with zero attached hydrogens (tertiary/aromatic N) is 2. The Hall–Kier alpha value is -0.160. The molecule has 1 rings (SSSR count). The molecule has 0 bridgehead atoms. The minimum atomic E-state index is 0.0621. The fourth-order valence-electron chi connectivity index (χ4n) is 7.94. The fourth-order valence-corrected chi connectivity index (χ4v) is 7.94. The lowest BCUT2D eigenvalue weighted by Crippen LogP contribution is -2.71. The van der Waals surface area contributed by atoms with Gasteiger partial charge in [0.15, 0.2) is 0 Å². The van der Waals surface area contributed by atoms with Crippen LogP contribution in [0.3, 0.4) is 0 Å². The molecule has 1 heterocycles. The Morgan fingerprint density at radius 3 is 1.05 bits per heavy atom. The molecule has 0 spiro atoms. The second kappa shape index (κ2) is 30.2. The van der Waals surface area contributed by atoms with Crippen LogP contribution in [0.1, 0.15) is 233 Å². The number of hydrogen-bond acceptors (Lipinski definition) is 4. The average Bonchev–Trinajstić information content (AvgIpc) is 3.03. The summed E-state index contributed by atoms with van der Waals surface area (Å²) in [6.07, 6.45) is 45.5. The van der Waals surface area contributed by atoms with Gasteiger partial charge in [0, 0.05) is 19.1 Å². The van der Waals surface area contributed by atoms with Gasteiger partial charge in [0.25, 0.3) is 0 Å². The zero-order chi connectivity index (χ0) is 32.0. The largest absolute Gasteiger partial charge is 0.268 e. The summed E-state index contributed by atoms with van der Waals surface area (Å²) in [6.45, 7) is 8.76. The summed E-state index contributed by atoms with van der Waals surface area (Å²) in [4.78, 5) is 0. The van der Waals surface area contributed by atoms with E-state index >= 15 is 0 Å². The van der Waals surface area contributed by atoms with Crippen LogP contribution in [-0.2, 0) is 0 Å². The molecule has 1 atom stereocenters. The first kappa shape index (κ1) is 41.9. The zero-order valence-electron chi connectivity index (χ0n) is 30.9. The molecule has 1 aliphatic heterocycles. The van der Waals surface area contributed by atoms with E-state index in [2.05, 4.69) is 30.8 Å². The summed E-state index contributed by atoms with van der Waals surface area (Å²) in [5, 5.41) is 4.52. The summed E-state index contributed by atoms with van der Waals surface area (Å²) in [5.74, 6) is 13.8. The predicted octanol–water partition coefficient (Wildman–Crippen LogP) is 12.4. The summed E-state index contributed by atoms with van der Waals surface area (Å²) in [6, 6.07) is 0.410. The number of unbranched alkanes of at least 4 members (excludes halogenated alkanes) is 27. The van der Waals surface area contributed by atoms with Crippen molar-refractivity contribution in [3.63, 3.8) is 0 Å². The van der Waals surface area contributed by atoms with Gasteiger partial charge in [-0.05, 0) is 19.3 Å². The van der Waals surface area contributed by atoms with Crippen molar-refractivity contribution in [2.75, 3.05) is 13.1 Å². The van der Waals surface area contributed by atoms with Crippen molar-refractivity contribution in [2.45, 2.75) is 244 Å². The molecule has 0 aliphatic carbocycles. The van der Waals surface area contributed by atoms with Crippen molar-refractivity contribution in [1.29, 1.82) is 0 Å². The number of rotatable bonds is 33. The predicted molar refractivity (Wildman–Crippen MR) is 198 cm³/mol. The van der Waals surface area contributed by atoms with Gasteiger partial charge in [0.2, 0.25) is 0 Å². The molecule has 0 aromatic carbocycles. The molecule has 1 unspecified atom stereocenters. The molecule has 0 amide bonds. The summed E-state index contributed by atoms with van der Waals surface area (Å²) in [5.41, 5.74) is 0.0621. The average molecular weight is 621 g/mol. The maximum Gasteiger partial charge on any atom is 0.0521 e. The second-order valence-electron chi connectivity index (χ2n) is 14.9. The molecule has 4 heteroatoms. The normalized spacial score (nSPS) is 17.5. The highest BCUT2D eigenvalue weighted by Crippen LogP contribution is 2.38. The lowest BCUT2D eigenvalue weighted by Gasteiger charge is -2.54. The molecule has 264 valence electrons. The number of hydrogen-bond donors (Lipinski definition) is 2. The molecule has 0 aromatic rings. The van der Waals surface area contributed by atoms with Crippen LogP contribution in [0.5, 0.6) is 0 Å². The molecular formula is C40H84N4. The van der Waals surface area contributed by atoms with Crippen LogP contribution in [0.25, 0.3) is 0 Å². The van der Waals surface area contributed by atoms with E-state index < -0.39 is 0 Å². The first-order chi connectivity index (χ1) is 21.6. The van der Waals surface area contributed by atoms with E-state index in [1.165, 1.54) is 212 Å². The highest BCUT2D eigenvalue weighted by atomic mass is 15.5. The van der Waals surface area contributed by atoms with Crippen LogP contribution in [0.4, 0.5) is 0 Å². The van der Waals surface area contributed by atoms with Gasteiger partial charge in [-0.25, -0.2) is 10.0 Å². The number of hydrazine groups is 2. The molecular weight excluding hydrogens is 536 g/mol. The molecule has 4 nitrogen and oxygen atoms in total. The Kier molecular flexibility index (Phi) is 28.7. The van der Waals surface area contributed by atoms with E-state index in [0.29, 0.717) is 6.04 Å². The Morgan fingerprint density at radius 1 is 0.409 bits per heavy atom. The third kappa shape index (κ3) is 20.2. The lowest BCUT2D eigenvalue weighted by molar-refractivity contribution is -0.0727. The smallest absolute Gasteiger partial charge is 0.0521 e. The molecule has 1 saturated heterocycles. The Labute approximate surface area is 278 Å². The monoisotopic (exact) mass is 621 g/mol. The molecule has 1 fully saturated rings. The Morgan fingerprint density at radius 2 is 0.705 bits per heavy atom. The van der Waals surface area contributed by atoms with Crippen molar-refractivity contribution in [1.82, 2.24) is 10.0 Å². The minimum Gasteiger partial charge on any atom is -0.268 e. The van der Waals surface area contributed by atoms with E-state index in [-0.39, 0.29) is 5.54 Å². The van der Waals surface area contributed by atoms with Crippen molar-refractivity contribution in [3.05, 3.63) is 0 Å². The van der Waals surface area contributed by atoms with E-state index in [4.69, 9.17) is 11.7 Å². The third-order valence-corrected chi connectivity index (χ3v) is 10.9. The van der Waals surface area contributed by atoms with Crippen molar-refractivity contribution < 1.29 is 0 Å². The van der Waals surface area contributed by atoms with Crippen molar-refractivity contribution >= 4 is 0 Å². The van der Waals surface area contributed by atoms with E-state index in [1.54, 1.807) is 0 Å². The molecule has 44 heavy (non-hydrogen) atoms. The maximum absolute atomic E-state index is 6.98. The Balaban J connectivity index is 2.56. The van der Waals surface area contributed by atoms with Crippen LogP contribution < -0.4 is 11.7 Å². The quantitative estimate of drug-likeness (QED) is 0.0566. The highest BCUT2D eigenvalue weighted by Gasteiger charge is 2.46. The van der Waals surface area contributed by atoms with Crippen LogP contribution >= 0.6 is 0 Å². The topological polar surface area (TPSA) is 58.5 Å². The van der Waals surface area contributed by atoms with E-state index in [9.17, 15) is 0 Å². The van der Waals surface area contributed by atoms with E-state index in [0.717, 1.165) is 13.1 Å². The number of nitrogens with two attached hydrogens (primary N) is 2. The second-order valence-corrected chi connectivity index (χ2v) is 14.9. The lowest BCUT2D eigenvalue weighted by atomic mass is 9.75. The van der Waals surface area contributed by atoms with Crippen LogP contribution in [0.2, 0.25) is 0 Å². The van der Waals surface area contributed by atoms with Crippen LogP contribution in [0.15, 0.2) is 0 Å². The Bertz CT molecular complexity index is 558. The van der Waals surface area contributed by atoms with Crippen LogP contribution in [0, 0.1) is 0 Å². The molecule has 0 saturated carbocycles. The summed E-state index contributed by atoms with van der Waals surface area (Å²) in [7, 11) is 0. The zero-order valence-corrected chi connectivity index (χ0v) is 30.9. The third-order valence-electron chi connectivity index (χ3n) is 10.9. The van der Waals surface area contributed by atoms with E-state index in [1.807, 2.05) is 0 Å². The first-order valence-corrected chi connectivity index (χ1v) is 20.7. The van der Waals surface area contributed by atoms with Gasteiger partial charge in [-0.3, -0.25) is 11.7 Å². The SMILES string of the molecule is CCCCCCCCCCCCC1N(N)CCN(N)C1(CCCCCCCCCCCC)CCCCCCCCCCCC. The summed E-state index contributed by atoms with van der Waals surface area (Å²) >= 11 is 0. The van der Waals surface area contributed by atoms with Gasteiger partial charge < -0.3 is 0 Å². The standard InChI is InChI=1S/C40H84N4/c1-4-7-10-13-16-19-22-25-28-31-34-39-40(44(42)38-37-43(39)41,35-32-29-26-23-20-17-14-11-8-5-2)36-33-30-27-24-21-18-15-12-9-6-3/h39H,4-38,41-42H2,1-3H3. The maximum atomic E-state index is 6.98. The fraction of sp³-hybridized carbons (Fsp3) is 1.00. The molecule has 1 aliphatic rings. The minimum absolute atomic E-state index is 0.0621. The number of piperazine rings is 1. The van der Waals surface area contributed by atoms with Gasteiger partial charge >= 0.3 is 0 Å². The van der Waals surface area contributed by atoms with Crippen LogP contribution in [-0.4, -0.2) is 34.7 Å². The molecule has 0 aromatic heterocycles. The first-order valence-electron chi connectivity index (χ1n) is 20.7. The van der Waals surface area contributed by atoms with Gasteiger partial charge in [0.1, 0.15) is 0 Å². The molecule has 0 radical (unpaired) electrons. The van der Waals surface area contributed by atoms with Gasteiger partial charge in [0.05, 0.1) is 5.54 Å². The van der Waals surface area contributed by atoms with Crippen molar-refractivity contribution in [2.24, 2.45) is 11.7 Å². The summed E-state index contributed by atoms with van der Waals surface area (Å²) < 4.78 is 0. The van der Waals surface area contributed by atoms with Gasteiger partial charge in [-0.2, -0.15) is 0 Å². The highest BCUT2D eigenvalue weighted by molar-refractivity contribution is 5.02. The molecule has 4 N–H and O–H groups in total. The van der Waals surface area contributed by atoms with Crippen molar-refractivity contribution in [3.8, 4) is 0 Å².